The number of rotatable bonds is 8. The molecule has 5 aromatic heterocycles. The van der Waals surface area contributed by atoms with Crippen LogP contribution in [0.1, 0.15) is 26.3 Å². The molecule has 14 aromatic rings. The summed E-state index contributed by atoms with van der Waals surface area (Å²) in [6.45, 7) is 6.76. The summed E-state index contributed by atoms with van der Waals surface area (Å²) in [5.41, 5.74) is 15.0. The largest absolute Gasteiger partial charge is 0.510 e. The van der Waals surface area contributed by atoms with Gasteiger partial charge < -0.3 is 23.0 Å². The number of pyridine rings is 1. The second-order valence-electron chi connectivity index (χ2n) is 20.1. The van der Waals surface area contributed by atoms with Gasteiger partial charge in [-0.25, -0.2) is 4.98 Å². The van der Waals surface area contributed by atoms with Crippen molar-refractivity contribution in [2.45, 2.75) is 26.2 Å². The molecule has 0 aliphatic carbocycles. The predicted molar refractivity (Wildman–Crippen MR) is 300 cm³/mol. The van der Waals surface area contributed by atoms with Crippen LogP contribution in [0.25, 0.3) is 111 Å². The van der Waals surface area contributed by atoms with Crippen molar-refractivity contribution in [1.82, 2.24) is 23.3 Å². The molecule has 9 aromatic carbocycles. The molecule has 364 valence electrons. The molecule has 8 heteroatoms. The van der Waals surface area contributed by atoms with E-state index < -0.39 is 0 Å². The molecule has 0 saturated carbocycles. The first-order valence-corrected chi connectivity index (χ1v) is 25.1. The van der Waals surface area contributed by atoms with Crippen molar-refractivity contribution in [2.75, 3.05) is 0 Å². The number of para-hydroxylation sites is 4. The van der Waals surface area contributed by atoms with E-state index >= 15 is 0 Å². The molecule has 7 nitrogen and oxygen atoms in total. The van der Waals surface area contributed by atoms with Gasteiger partial charge in [0.1, 0.15) is 5.82 Å². The molecule has 75 heavy (non-hydrogen) atoms. The summed E-state index contributed by atoms with van der Waals surface area (Å²) < 4.78 is 18.1. The number of fused-ring (bicyclic) bond motifs is 12. The van der Waals surface area contributed by atoms with Gasteiger partial charge in [-0.15, -0.1) is 29.7 Å². The van der Waals surface area contributed by atoms with Gasteiger partial charge in [0.05, 0.1) is 27.8 Å². The van der Waals surface area contributed by atoms with Gasteiger partial charge in [-0.3, -0.25) is 4.57 Å². The fourth-order valence-electron chi connectivity index (χ4n) is 11.3. The number of hydrogen-bond acceptors (Lipinski definition) is 2. The third-order valence-corrected chi connectivity index (χ3v) is 14.7. The van der Waals surface area contributed by atoms with E-state index in [1.54, 1.807) is 0 Å². The van der Waals surface area contributed by atoms with Crippen LogP contribution in [-0.2, 0) is 33.5 Å². The van der Waals surface area contributed by atoms with Gasteiger partial charge in [0.15, 0.2) is 0 Å². The Morgan fingerprint density at radius 1 is 0.533 bits per heavy atom. The third kappa shape index (κ3) is 7.44. The summed E-state index contributed by atoms with van der Waals surface area (Å²) in [5.74, 6) is 1.93. The van der Waals surface area contributed by atoms with Gasteiger partial charge in [0, 0.05) is 91.0 Å². The van der Waals surface area contributed by atoms with E-state index in [1.807, 2.05) is 41.2 Å². The quantitative estimate of drug-likeness (QED) is 0.112. The molecule has 0 amide bonds. The molecule has 14 rings (SSSR count). The van der Waals surface area contributed by atoms with Gasteiger partial charge in [-0.2, -0.15) is 18.2 Å². The average molecular weight is 1150 g/mol. The molecule has 0 saturated heterocycles. The molecule has 0 fully saturated rings. The normalized spacial score (nSPS) is 11.9. The molecule has 5 heterocycles. The van der Waals surface area contributed by atoms with Crippen molar-refractivity contribution in [3.8, 4) is 56.6 Å². The monoisotopic (exact) mass is 1150 g/mol. The molecular weight excluding hydrogens is 1100 g/mol. The van der Waals surface area contributed by atoms with Crippen LogP contribution < -0.4 is 9.30 Å². The molecule has 0 aliphatic rings. The summed E-state index contributed by atoms with van der Waals surface area (Å²) >= 11 is 0. The first-order chi connectivity index (χ1) is 36.3. The maximum Gasteiger partial charge on any atom is 0.267 e. The fourth-order valence-corrected chi connectivity index (χ4v) is 11.3. The minimum Gasteiger partial charge on any atom is -0.510 e. The molecule has 0 radical (unpaired) electrons. The Hall–Kier alpha value is -8.77. The van der Waals surface area contributed by atoms with Crippen LogP contribution >= 0.6 is 0 Å². The Kier molecular flexibility index (Phi) is 11.1. The molecular formula is C67H48N6OPt-2. The molecule has 0 spiro atoms. The number of ether oxygens (including phenoxy) is 1. The van der Waals surface area contributed by atoms with Crippen LogP contribution in [0.2, 0.25) is 0 Å². The first-order valence-electron chi connectivity index (χ1n) is 25.1. The Balaban J connectivity index is 0.00000541. The van der Waals surface area contributed by atoms with Crippen molar-refractivity contribution in [3.05, 3.63) is 243 Å². The predicted octanol–water partition coefficient (Wildman–Crippen LogP) is 15.8. The van der Waals surface area contributed by atoms with E-state index in [0.717, 1.165) is 78.0 Å². The molecule has 0 bridgehead atoms. The zero-order chi connectivity index (χ0) is 49.7. The topological polar surface area (TPSA) is 45.7 Å². The van der Waals surface area contributed by atoms with Gasteiger partial charge in [0.25, 0.3) is 6.33 Å². The number of imidazole rings is 1. The zero-order valence-corrected chi connectivity index (χ0v) is 44.0. The smallest absolute Gasteiger partial charge is 0.267 e. The minimum atomic E-state index is -0.127. The minimum absolute atomic E-state index is 0. The third-order valence-electron chi connectivity index (χ3n) is 14.7. The molecule has 0 atom stereocenters. The van der Waals surface area contributed by atoms with Crippen LogP contribution in [0.15, 0.2) is 219 Å². The Morgan fingerprint density at radius 3 is 1.84 bits per heavy atom. The zero-order valence-electron chi connectivity index (χ0n) is 41.7. The van der Waals surface area contributed by atoms with Crippen LogP contribution in [-0.4, -0.2) is 23.3 Å². The van der Waals surface area contributed by atoms with Crippen LogP contribution in [0, 0.1) is 18.5 Å². The van der Waals surface area contributed by atoms with Crippen molar-refractivity contribution in [2.24, 2.45) is 7.05 Å². The Labute approximate surface area is 449 Å². The van der Waals surface area contributed by atoms with E-state index in [0.29, 0.717) is 11.5 Å². The van der Waals surface area contributed by atoms with Gasteiger partial charge in [-0.1, -0.05) is 160 Å². The van der Waals surface area contributed by atoms with E-state index in [-0.39, 0.29) is 26.5 Å². The van der Waals surface area contributed by atoms with Gasteiger partial charge in [-0.05, 0) is 80.7 Å². The standard InChI is InChI=1S/C67H48N6O.Pt/c1-67(2,3)46-36-37-68-59(40-46)73-58-42-50(74-49-27-18-26-48(41-49)70-38-39-71(43-70)63-51(44-20-8-5-9-21-44)30-19-31-52(63)45-22-10-6-11-23-45)34-35-55(58)61-60-53-28-14-16-32-56(53)69(4)64(60)62-54-29-15-17-33-57(54)72(66(62)65(61)73)47-24-12-7-13-25-47;/h5-40H,1-4H3;/q-2;. The second kappa shape index (κ2) is 18.0. The van der Waals surface area contributed by atoms with E-state index in [9.17, 15) is 0 Å². The van der Waals surface area contributed by atoms with Crippen molar-refractivity contribution in [3.63, 3.8) is 0 Å². The summed E-state index contributed by atoms with van der Waals surface area (Å²) in [6.07, 6.45) is 9.65. The number of hydrogen-bond donors (Lipinski definition) is 0. The number of aromatic nitrogens is 6. The molecule has 0 N–H and O–H groups in total. The summed E-state index contributed by atoms with van der Waals surface area (Å²) in [7, 11) is 2.21. The van der Waals surface area contributed by atoms with E-state index in [4.69, 9.17) is 9.72 Å². The second-order valence-corrected chi connectivity index (χ2v) is 20.1. The van der Waals surface area contributed by atoms with Crippen LogP contribution in [0.4, 0.5) is 0 Å². The number of nitrogens with zero attached hydrogens (tertiary/aromatic N) is 6. The number of aryl methyl sites for hydroxylation is 1. The van der Waals surface area contributed by atoms with Crippen LogP contribution in [0.5, 0.6) is 11.5 Å². The summed E-state index contributed by atoms with van der Waals surface area (Å²) in [6, 6.07) is 77.9. The average Bonchev–Trinajstić information content (AvgIpc) is 4.42. The fraction of sp³-hybridized carbons (Fsp3) is 0.0746. The van der Waals surface area contributed by atoms with Gasteiger partial charge >= 0.3 is 0 Å². The first kappa shape index (κ1) is 46.0. The van der Waals surface area contributed by atoms with E-state index in [2.05, 4.69) is 247 Å². The maximum atomic E-state index is 6.86. The number of benzene rings is 9. The Morgan fingerprint density at radius 2 is 1.13 bits per heavy atom. The maximum absolute atomic E-state index is 6.86. The van der Waals surface area contributed by atoms with Crippen LogP contribution in [0.3, 0.4) is 0 Å². The molecule has 0 aliphatic heterocycles. The van der Waals surface area contributed by atoms with Gasteiger partial charge in [0.2, 0.25) is 0 Å². The molecule has 0 unspecified atom stereocenters. The van der Waals surface area contributed by atoms with Crippen molar-refractivity contribution in [1.29, 1.82) is 0 Å². The van der Waals surface area contributed by atoms with Crippen molar-refractivity contribution >= 4 is 65.4 Å². The Bertz CT molecular complexity index is 4440. The SMILES string of the molecule is Cn1c2ccccc2c2c3c4ccc(Oc5[c-]c(-[n+]6[c-]n(-c7c(-c8ccccc8)cccc7-c7ccccc7)cc6)ccc5)[c-]c4n(-c4cc(C(C)(C)C)ccn4)c3c3c(c4ccccc4n3-c3ccccc3)c21.[Pt]. The van der Waals surface area contributed by atoms with E-state index in [1.165, 1.54) is 38.1 Å². The summed E-state index contributed by atoms with van der Waals surface area (Å²) in [5, 5.41) is 6.95. The van der Waals surface area contributed by atoms with Crippen molar-refractivity contribution < 1.29 is 30.4 Å². The summed E-state index contributed by atoms with van der Waals surface area (Å²) in [4.78, 5) is 5.21.